The lowest BCUT2D eigenvalue weighted by molar-refractivity contribution is -0.149. The number of carboxylic acids is 1. The van der Waals surface area contributed by atoms with Gasteiger partial charge in [0.2, 0.25) is 0 Å². The van der Waals surface area contributed by atoms with Crippen molar-refractivity contribution in [2.45, 2.75) is 39.2 Å². The minimum absolute atomic E-state index is 0. The maximum atomic E-state index is 10.9. The highest BCUT2D eigenvalue weighted by Gasteiger charge is 2.36. The van der Waals surface area contributed by atoms with E-state index in [4.69, 9.17) is 5.11 Å². The molecule has 1 saturated heterocycles. The van der Waals surface area contributed by atoms with Gasteiger partial charge in [0.25, 0.3) is 0 Å². The van der Waals surface area contributed by atoms with Gasteiger partial charge in [-0.3, -0.25) is 4.79 Å². The maximum Gasteiger partial charge on any atom is 0.310 e. The van der Waals surface area contributed by atoms with E-state index in [1.54, 1.807) is 13.8 Å². The third-order valence-corrected chi connectivity index (χ3v) is 2.73. The second kappa shape index (κ2) is 4.96. The van der Waals surface area contributed by atoms with E-state index < -0.39 is 11.4 Å². The fraction of sp³-hybridized carbons (Fsp3) is 0.889. The van der Waals surface area contributed by atoms with E-state index in [1.807, 2.05) is 0 Å². The number of hydrogen-bond donors (Lipinski definition) is 2. The summed E-state index contributed by atoms with van der Waals surface area (Å²) in [5.74, 6) is -0.707. The van der Waals surface area contributed by atoms with Crippen molar-refractivity contribution in [1.29, 1.82) is 0 Å². The number of halogens is 1. The van der Waals surface area contributed by atoms with Crippen molar-refractivity contribution in [2.75, 3.05) is 6.54 Å². The second-order valence-corrected chi connectivity index (χ2v) is 4.03. The van der Waals surface area contributed by atoms with Crippen LogP contribution in [0.15, 0.2) is 0 Å². The Kier molecular flexibility index (Phi) is 4.92. The van der Waals surface area contributed by atoms with Gasteiger partial charge >= 0.3 is 5.97 Å². The van der Waals surface area contributed by atoms with Crippen LogP contribution in [0, 0.1) is 5.41 Å². The van der Waals surface area contributed by atoms with Crippen LogP contribution in [0.4, 0.5) is 0 Å². The molecule has 0 spiro atoms. The molecule has 1 aliphatic rings. The average molecular weight is 252 g/mol. The van der Waals surface area contributed by atoms with E-state index >= 15 is 0 Å². The third kappa shape index (κ3) is 2.95. The molecule has 0 bridgehead atoms. The molecule has 1 rings (SSSR count). The average Bonchev–Trinajstić information content (AvgIpc) is 2.06. The lowest BCUT2D eigenvalue weighted by Gasteiger charge is -2.34. The Balaban J connectivity index is 0.00000144. The van der Waals surface area contributed by atoms with E-state index in [1.165, 1.54) is 6.42 Å². The van der Waals surface area contributed by atoms with Crippen molar-refractivity contribution < 1.29 is 9.90 Å². The van der Waals surface area contributed by atoms with Crippen LogP contribution in [0.25, 0.3) is 0 Å². The summed E-state index contributed by atoms with van der Waals surface area (Å²) in [5, 5.41) is 12.2. The smallest absolute Gasteiger partial charge is 0.310 e. The molecule has 2 N–H and O–H groups in total. The fourth-order valence-electron chi connectivity index (χ4n) is 1.62. The summed E-state index contributed by atoms with van der Waals surface area (Å²) >= 11 is 0. The third-order valence-electron chi connectivity index (χ3n) is 2.73. The van der Waals surface area contributed by atoms with Crippen LogP contribution in [0.3, 0.4) is 0 Å². The SMILES string of the molecule is Br.CC(C)(C(=O)O)C1CCCCN1. The monoisotopic (exact) mass is 251 g/mol. The number of aliphatic carboxylic acids is 1. The van der Waals surface area contributed by atoms with Gasteiger partial charge in [0.1, 0.15) is 0 Å². The number of rotatable bonds is 2. The van der Waals surface area contributed by atoms with Gasteiger partial charge in [-0.25, -0.2) is 0 Å². The number of carboxylic acid groups (broad SMARTS) is 1. The van der Waals surface area contributed by atoms with Crippen LogP contribution in [0.5, 0.6) is 0 Å². The van der Waals surface area contributed by atoms with Gasteiger partial charge in [-0.2, -0.15) is 0 Å². The van der Waals surface area contributed by atoms with Gasteiger partial charge < -0.3 is 10.4 Å². The lowest BCUT2D eigenvalue weighted by atomic mass is 9.80. The van der Waals surface area contributed by atoms with Gasteiger partial charge in [0.05, 0.1) is 5.41 Å². The van der Waals surface area contributed by atoms with E-state index in [2.05, 4.69) is 5.32 Å². The second-order valence-electron chi connectivity index (χ2n) is 4.03. The summed E-state index contributed by atoms with van der Waals surface area (Å²) in [6.07, 6.45) is 3.31. The summed E-state index contributed by atoms with van der Waals surface area (Å²) in [7, 11) is 0. The molecule has 1 fully saturated rings. The van der Waals surface area contributed by atoms with Gasteiger partial charge in [0, 0.05) is 6.04 Å². The number of piperidine rings is 1. The highest BCUT2D eigenvalue weighted by molar-refractivity contribution is 8.93. The Morgan fingerprint density at radius 2 is 2.08 bits per heavy atom. The highest BCUT2D eigenvalue weighted by atomic mass is 79.9. The first-order valence-electron chi connectivity index (χ1n) is 4.52. The molecule has 0 aromatic rings. The zero-order valence-corrected chi connectivity index (χ0v) is 9.88. The summed E-state index contributed by atoms with van der Waals surface area (Å²) < 4.78 is 0. The number of nitrogens with one attached hydrogen (secondary N) is 1. The first-order chi connectivity index (χ1) is 5.55. The standard InChI is InChI=1S/C9H17NO2.BrH/c1-9(2,8(11)12)7-5-3-4-6-10-7;/h7,10H,3-6H2,1-2H3,(H,11,12);1H. The number of hydrogen-bond acceptors (Lipinski definition) is 2. The van der Waals surface area contributed by atoms with E-state index in [9.17, 15) is 4.79 Å². The van der Waals surface area contributed by atoms with Crippen molar-refractivity contribution in [3.63, 3.8) is 0 Å². The Hall–Kier alpha value is -0.0900. The van der Waals surface area contributed by atoms with Crippen LogP contribution in [-0.2, 0) is 4.79 Å². The Morgan fingerprint density at radius 1 is 1.46 bits per heavy atom. The molecule has 4 heteroatoms. The normalized spacial score (nSPS) is 23.4. The molecular formula is C9H18BrNO2. The highest BCUT2D eigenvalue weighted by Crippen LogP contribution is 2.26. The topological polar surface area (TPSA) is 49.3 Å². The van der Waals surface area contributed by atoms with Crippen LogP contribution in [0.2, 0.25) is 0 Å². The summed E-state index contributed by atoms with van der Waals surface area (Å²) in [6, 6.07) is 0.142. The Bertz CT molecular complexity index is 176. The predicted octanol–water partition coefficient (Wildman–Crippen LogP) is 1.82. The summed E-state index contributed by atoms with van der Waals surface area (Å²) in [4.78, 5) is 10.9. The minimum atomic E-state index is -0.707. The van der Waals surface area contributed by atoms with Crippen molar-refractivity contribution in [3.8, 4) is 0 Å². The molecule has 1 unspecified atom stereocenters. The molecule has 0 amide bonds. The first kappa shape index (κ1) is 12.9. The van der Waals surface area contributed by atoms with Crippen LogP contribution in [-0.4, -0.2) is 23.7 Å². The Labute approximate surface area is 89.7 Å². The molecule has 0 aliphatic carbocycles. The molecule has 1 heterocycles. The summed E-state index contributed by atoms with van der Waals surface area (Å²) in [5.41, 5.74) is -0.625. The van der Waals surface area contributed by atoms with E-state index in [-0.39, 0.29) is 23.0 Å². The molecule has 1 aliphatic heterocycles. The minimum Gasteiger partial charge on any atom is -0.481 e. The van der Waals surface area contributed by atoms with Crippen LogP contribution >= 0.6 is 17.0 Å². The van der Waals surface area contributed by atoms with Gasteiger partial charge in [-0.15, -0.1) is 17.0 Å². The van der Waals surface area contributed by atoms with Gasteiger partial charge in [-0.05, 0) is 33.2 Å². The van der Waals surface area contributed by atoms with E-state index in [0.717, 1.165) is 19.4 Å². The molecule has 13 heavy (non-hydrogen) atoms. The molecule has 1 atom stereocenters. The van der Waals surface area contributed by atoms with Crippen molar-refractivity contribution >= 4 is 23.0 Å². The van der Waals surface area contributed by atoms with E-state index in [0.29, 0.717) is 0 Å². The fourth-order valence-corrected chi connectivity index (χ4v) is 1.62. The van der Waals surface area contributed by atoms with Crippen molar-refractivity contribution in [1.82, 2.24) is 5.32 Å². The lowest BCUT2D eigenvalue weighted by Crippen LogP contribution is -2.48. The number of carbonyl (C=O) groups is 1. The zero-order chi connectivity index (χ0) is 9.19. The van der Waals surface area contributed by atoms with Crippen LogP contribution in [0.1, 0.15) is 33.1 Å². The van der Waals surface area contributed by atoms with Crippen molar-refractivity contribution in [3.05, 3.63) is 0 Å². The molecule has 0 radical (unpaired) electrons. The van der Waals surface area contributed by atoms with Crippen molar-refractivity contribution in [2.24, 2.45) is 5.41 Å². The quantitative estimate of drug-likeness (QED) is 0.788. The van der Waals surface area contributed by atoms with Gasteiger partial charge in [0.15, 0.2) is 0 Å². The summed E-state index contributed by atoms with van der Waals surface area (Å²) in [6.45, 7) is 4.54. The molecular weight excluding hydrogens is 234 g/mol. The predicted molar refractivity (Wildman–Crippen MR) is 57.4 cm³/mol. The molecule has 0 aromatic carbocycles. The van der Waals surface area contributed by atoms with Crippen LogP contribution < -0.4 is 5.32 Å². The first-order valence-corrected chi connectivity index (χ1v) is 4.52. The maximum absolute atomic E-state index is 10.9. The largest absolute Gasteiger partial charge is 0.481 e. The zero-order valence-electron chi connectivity index (χ0n) is 8.17. The molecule has 78 valence electrons. The Morgan fingerprint density at radius 3 is 2.46 bits per heavy atom. The molecule has 0 aromatic heterocycles. The molecule has 0 saturated carbocycles. The molecule has 3 nitrogen and oxygen atoms in total. The van der Waals surface area contributed by atoms with Gasteiger partial charge in [-0.1, -0.05) is 6.42 Å².